The highest BCUT2D eigenvalue weighted by atomic mass is 16.5. The lowest BCUT2D eigenvalue weighted by molar-refractivity contribution is -0.140. The van der Waals surface area contributed by atoms with Gasteiger partial charge in [-0.3, -0.25) is 9.59 Å². The molecule has 1 atom stereocenters. The van der Waals surface area contributed by atoms with Gasteiger partial charge in [-0.2, -0.15) is 0 Å². The normalized spacial score (nSPS) is 17.1. The summed E-state index contributed by atoms with van der Waals surface area (Å²) in [5, 5.41) is 11.5. The second kappa shape index (κ2) is 10.7. The number of methoxy groups -OCH3 is 1. The lowest BCUT2D eigenvalue weighted by Crippen LogP contribution is -2.29. The fourth-order valence-electron chi connectivity index (χ4n) is 4.80. The van der Waals surface area contributed by atoms with Crippen LogP contribution in [0.15, 0.2) is 72.3 Å². The van der Waals surface area contributed by atoms with Crippen molar-refractivity contribution in [2.45, 2.75) is 52.6 Å². The van der Waals surface area contributed by atoms with Gasteiger partial charge >= 0.3 is 0 Å². The summed E-state index contributed by atoms with van der Waals surface area (Å²) in [7, 11) is 1.51. The predicted octanol–water partition coefficient (Wildman–Crippen LogP) is 6.32. The summed E-state index contributed by atoms with van der Waals surface area (Å²) < 4.78 is 11.1. The molecular weight excluding hydrogens is 478 g/mol. The van der Waals surface area contributed by atoms with E-state index in [0.717, 1.165) is 22.3 Å². The monoisotopic (exact) mass is 513 g/mol. The summed E-state index contributed by atoms with van der Waals surface area (Å²) in [6.07, 6.45) is 0. The molecule has 0 saturated carbocycles. The number of ether oxygens (including phenoxy) is 2. The van der Waals surface area contributed by atoms with Gasteiger partial charge in [0, 0.05) is 6.54 Å². The number of aryl methyl sites for hydroxylation is 1. The Morgan fingerprint density at radius 1 is 1.00 bits per heavy atom. The van der Waals surface area contributed by atoms with E-state index < -0.39 is 17.7 Å². The smallest absolute Gasteiger partial charge is 0.295 e. The minimum absolute atomic E-state index is 0.0448. The molecular formula is C32H35NO5. The van der Waals surface area contributed by atoms with E-state index in [0.29, 0.717) is 23.7 Å². The van der Waals surface area contributed by atoms with E-state index in [1.165, 1.54) is 12.0 Å². The average Bonchev–Trinajstić information content (AvgIpc) is 3.13. The standard InChI is InChI=1S/C32H35NO5/c1-7-38-24-10-8-9-21(18-24)19-33-28(22-12-14-23(15-13-22)32(3,4)5)27(30(35)31(33)36)29(34)25-17-20(2)11-16-26(25)37-6/h8-18,28,34H,7,19H2,1-6H3/b29-27+. The lowest BCUT2D eigenvalue weighted by atomic mass is 9.85. The van der Waals surface area contributed by atoms with Crippen molar-refractivity contribution in [2.24, 2.45) is 0 Å². The van der Waals surface area contributed by atoms with Crippen LogP contribution in [0.3, 0.4) is 0 Å². The number of Topliss-reactive ketones (excluding diaryl/α,β-unsaturated/α-hetero) is 1. The maximum Gasteiger partial charge on any atom is 0.295 e. The Hall–Kier alpha value is -4.06. The third kappa shape index (κ3) is 5.30. The number of ketones is 1. The van der Waals surface area contributed by atoms with Gasteiger partial charge in [-0.05, 0) is 60.2 Å². The Bertz CT molecular complexity index is 1380. The Labute approximate surface area is 224 Å². The molecule has 38 heavy (non-hydrogen) atoms. The highest BCUT2D eigenvalue weighted by Crippen LogP contribution is 2.42. The summed E-state index contributed by atoms with van der Waals surface area (Å²) in [5.74, 6) is -0.524. The van der Waals surface area contributed by atoms with Crippen molar-refractivity contribution >= 4 is 17.4 Å². The molecule has 1 saturated heterocycles. The van der Waals surface area contributed by atoms with Crippen LogP contribution in [0.5, 0.6) is 11.5 Å². The molecule has 1 aliphatic heterocycles. The molecule has 6 heteroatoms. The third-order valence-corrected chi connectivity index (χ3v) is 6.80. The zero-order chi connectivity index (χ0) is 27.6. The van der Waals surface area contributed by atoms with Crippen LogP contribution >= 0.6 is 0 Å². The number of likely N-dealkylation sites (tertiary alicyclic amines) is 1. The number of carbonyl (C=O) groups excluding carboxylic acids is 2. The molecule has 3 aromatic rings. The molecule has 198 valence electrons. The summed E-state index contributed by atoms with van der Waals surface area (Å²) in [4.78, 5) is 28.5. The number of hydrogen-bond acceptors (Lipinski definition) is 5. The Morgan fingerprint density at radius 3 is 2.34 bits per heavy atom. The van der Waals surface area contributed by atoms with Gasteiger partial charge in [-0.15, -0.1) is 0 Å². The number of hydrogen-bond donors (Lipinski definition) is 1. The Balaban J connectivity index is 1.88. The van der Waals surface area contributed by atoms with E-state index in [-0.39, 0.29) is 23.3 Å². The molecule has 3 aromatic carbocycles. The molecule has 0 aromatic heterocycles. The van der Waals surface area contributed by atoms with Crippen LogP contribution in [0.1, 0.15) is 61.6 Å². The molecule has 1 fully saturated rings. The fraction of sp³-hybridized carbons (Fsp3) is 0.312. The number of carbonyl (C=O) groups is 2. The van der Waals surface area contributed by atoms with Crippen LogP contribution in [-0.2, 0) is 21.5 Å². The molecule has 4 rings (SSSR count). The minimum atomic E-state index is -0.773. The molecule has 0 radical (unpaired) electrons. The second-order valence-electron chi connectivity index (χ2n) is 10.6. The van der Waals surface area contributed by atoms with E-state index in [2.05, 4.69) is 20.8 Å². The van der Waals surface area contributed by atoms with E-state index in [1.54, 1.807) is 12.1 Å². The van der Waals surface area contributed by atoms with Gasteiger partial charge in [0.05, 0.1) is 30.9 Å². The second-order valence-corrected chi connectivity index (χ2v) is 10.6. The number of aliphatic hydroxyl groups is 1. The molecule has 6 nitrogen and oxygen atoms in total. The predicted molar refractivity (Wildman–Crippen MR) is 148 cm³/mol. The van der Waals surface area contributed by atoms with Gasteiger partial charge in [0.1, 0.15) is 17.3 Å². The zero-order valence-electron chi connectivity index (χ0n) is 22.9. The van der Waals surface area contributed by atoms with Crippen molar-refractivity contribution in [1.82, 2.24) is 4.90 Å². The number of rotatable bonds is 7. The Morgan fingerprint density at radius 2 is 1.71 bits per heavy atom. The zero-order valence-corrected chi connectivity index (χ0v) is 22.9. The summed E-state index contributed by atoms with van der Waals surface area (Å²) in [6, 6.07) is 20.0. The van der Waals surface area contributed by atoms with Crippen LogP contribution in [0.25, 0.3) is 5.76 Å². The van der Waals surface area contributed by atoms with Crippen LogP contribution in [-0.4, -0.2) is 35.4 Å². The maximum atomic E-state index is 13.5. The highest BCUT2D eigenvalue weighted by Gasteiger charge is 2.46. The molecule has 0 aliphatic carbocycles. The van der Waals surface area contributed by atoms with Crippen molar-refractivity contribution in [2.75, 3.05) is 13.7 Å². The highest BCUT2D eigenvalue weighted by molar-refractivity contribution is 6.46. The number of aliphatic hydroxyl groups excluding tert-OH is 1. The quantitative estimate of drug-likeness (QED) is 0.227. The van der Waals surface area contributed by atoms with Gasteiger partial charge in [0.2, 0.25) is 0 Å². The number of nitrogens with zero attached hydrogens (tertiary/aromatic N) is 1. The van der Waals surface area contributed by atoms with E-state index >= 15 is 0 Å². The summed E-state index contributed by atoms with van der Waals surface area (Å²) in [5.41, 5.74) is 3.94. The summed E-state index contributed by atoms with van der Waals surface area (Å²) >= 11 is 0. The van der Waals surface area contributed by atoms with E-state index in [4.69, 9.17) is 9.47 Å². The van der Waals surface area contributed by atoms with Crippen molar-refractivity contribution in [3.05, 3.63) is 100 Å². The van der Waals surface area contributed by atoms with Gasteiger partial charge in [0.25, 0.3) is 11.7 Å². The van der Waals surface area contributed by atoms with Gasteiger partial charge in [-0.1, -0.05) is 68.8 Å². The van der Waals surface area contributed by atoms with E-state index in [1.807, 2.05) is 68.4 Å². The number of benzene rings is 3. The SMILES string of the molecule is CCOc1cccc(CN2C(=O)C(=O)/C(=C(/O)c3cc(C)ccc3OC)C2c2ccc(C(C)(C)C)cc2)c1. The van der Waals surface area contributed by atoms with Crippen molar-refractivity contribution in [3.8, 4) is 11.5 Å². The minimum Gasteiger partial charge on any atom is -0.507 e. The fourth-order valence-corrected chi connectivity index (χ4v) is 4.80. The largest absolute Gasteiger partial charge is 0.507 e. The molecule has 1 heterocycles. The molecule has 1 unspecified atom stereocenters. The molecule has 1 aliphatic rings. The maximum absolute atomic E-state index is 13.5. The van der Waals surface area contributed by atoms with Crippen molar-refractivity contribution < 1.29 is 24.2 Å². The lowest BCUT2D eigenvalue weighted by Gasteiger charge is -2.27. The molecule has 1 N–H and O–H groups in total. The first-order valence-electron chi connectivity index (χ1n) is 12.8. The first-order chi connectivity index (χ1) is 18.0. The van der Waals surface area contributed by atoms with Crippen LogP contribution in [0.2, 0.25) is 0 Å². The average molecular weight is 514 g/mol. The molecule has 0 spiro atoms. The van der Waals surface area contributed by atoms with E-state index in [9.17, 15) is 14.7 Å². The Kier molecular flexibility index (Phi) is 7.63. The van der Waals surface area contributed by atoms with Crippen molar-refractivity contribution in [1.29, 1.82) is 0 Å². The van der Waals surface area contributed by atoms with Gasteiger partial charge in [-0.25, -0.2) is 0 Å². The van der Waals surface area contributed by atoms with Crippen LogP contribution < -0.4 is 9.47 Å². The number of amides is 1. The van der Waals surface area contributed by atoms with Gasteiger partial charge < -0.3 is 19.5 Å². The molecule has 0 bridgehead atoms. The molecule has 1 amide bonds. The van der Waals surface area contributed by atoms with Crippen LogP contribution in [0.4, 0.5) is 0 Å². The first kappa shape index (κ1) is 27.0. The third-order valence-electron chi connectivity index (χ3n) is 6.80. The summed E-state index contributed by atoms with van der Waals surface area (Å²) in [6.45, 7) is 10.9. The van der Waals surface area contributed by atoms with Gasteiger partial charge in [0.15, 0.2) is 0 Å². The van der Waals surface area contributed by atoms with Crippen LogP contribution in [0, 0.1) is 6.92 Å². The van der Waals surface area contributed by atoms with Crippen molar-refractivity contribution in [3.63, 3.8) is 0 Å². The first-order valence-corrected chi connectivity index (χ1v) is 12.8. The topological polar surface area (TPSA) is 76.1 Å².